The standard InChI is InChI=1S/C16H16FN3/c1-2-18-10-13-9-14(17)7-8-16(13)20-15-6-4-3-5-12(15)11-19-20/h3-9,11,18H,2,10H2,1H3. The summed E-state index contributed by atoms with van der Waals surface area (Å²) in [5, 5.41) is 8.74. The van der Waals surface area contributed by atoms with E-state index in [2.05, 4.69) is 10.4 Å². The topological polar surface area (TPSA) is 29.9 Å². The quantitative estimate of drug-likeness (QED) is 0.787. The molecule has 0 saturated heterocycles. The highest BCUT2D eigenvalue weighted by Crippen LogP contribution is 2.21. The minimum Gasteiger partial charge on any atom is -0.313 e. The lowest BCUT2D eigenvalue weighted by Crippen LogP contribution is -2.14. The lowest BCUT2D eigenvalue weighted by molar-refractivity contribution is 0.620. The number of aromatic nitrogens is 2. The van der Waals surface area contributed by atoms with E-state index in [1.165, 1.54) is 6.07 Å². The Labute approximate surface area is 117 Å². The van der Waals surface area contributed by atoms with Crippen molar-refractivity contribution in [2.75, 3.05) is 6.54 Å². The molecule has 0 aliphatic heterocycles. The third-order valence-electron chi connectivity index (χ3n) is 3.31. The molecule has 0 radical (unpaired) electrons. The van der Waals surface area contributed by atoms with Gasteiger partial charge in [0.2, 0.25) is 0 Å². The maximum Gasteiger partial charge on any atom is 0.123 e. The Kier molecular flexibility index (Phi) is 3.48. The Balaban J connectivity index is 2.13. The summed E-state index contributed by atoms with van der Waals surface area (Å²) < 4.78 is 15.3. The highest BCUT2D eigenvalue weighted by molar-refractivity contribution is 5.80. The van der Waals surface area contributed by atoms with Crippen LogP contribution in [0.2, 0.25) is 0 Å². The predicted octanol–water partition coefficient (Wildman–Crippen LogP) is 3.27. The van der Waals surface area contributed by atoms with Crippen LogP contribution in [0.15, 0.2) is 48.7 Å². The molecule has 0 amide bonds. The third-order valence-corrected chi connectivity index (χ3v) is 3.31. The van der Waals surface area contributed by atoms with Crippen LogP contribution in [0.5, 0.6) is 0 Å². The number of benzene rings is 2. The molecule has 3 aromatic rings. The summed E-state index contributed by atoms with van der Waals surface area (Å²) in [6.45, 7) is 3.50. The second-order valence-corrected chi connectivity index (χ2v) is 4.67. The van der Waals surface area contributed by atoms with E-state index >= 15 is 0 Å². The van der Waals surface area contributed by atoms with Crippen LogP contribution >= 0.6 is 0 Å². The third kappa shape index (κ3) is 2.30. The van der Waals surface area contributed by atoms with E-state index in [1.54, 1.807) is 12.1 Å². The number of nitrogens with one attached hydrogen (secondary N) is 1. The minimum absolute atomic E-state index is 0.224. The molecular formula is C16H16FN3. The molecule has 0 unspecified atom stereocenters. The zero-order valence-corrected chi connectivity index (χ0v) is 11.3. The molecule has 4 heteroatoms. The normalized spacial score (nSPS) is 11.1. The van der Waals surface area contributed by atoms with Crippen molar-refractivity contribution >= 4 is 10.9 Å². The molecule has 0 aliphatic carbocycles. The van der Waals surface area contributed by atoms with Crippen LogP contribution < -0.4 is 5.32 Å². The second-order valence-electron chi connectivity index (χ2n) is 4.67. The fraction of sp³-hybridized carbons (Fsp3) is 0.188. The Morgan fingerprint density at radius 1 is 1.20 bits per heavy atom. The van der Waals surface area contributed by atoms with Crippen LogP contribution in [-0.4, -0.2) is 16.3 Å². The van der Waals surface area contributed by atoms with Crippen LogP contribution in [0.1, 0.15) is 12.5 Å². The number of hydrogen-bond acceptors (Lipinski definition) is 2. The van der Waals surface area contributed by atoms with Gasteiger partial charge >= 0.3 is 0 Å². The van der Waals surface area contributed by atoms with Crippen molar-refractivity contribution in [2.45, 2.75) is 13.5 Å². The monoisotopic (exact) mass is 269 g/mol. The fourth-order valence-corrected chi connectivity index (χ4v) is 2.33. The molecule has 0 spiro atoms. The van der Waals surface area contributed by atoms with Crippen LogP contribution in [0.3, 0.4) is 0 Å². The number of hydrogen-bond donors (Lipinski definition) is 1. The van der Waals surface area contributed by atoms with E-state index in [1.807, 2.05) is 42.1 Å². The summed E-state index contributed by atoms with van der Waals surface area (Å²) in [6, 6.07) is 12.8. The second kappa shape index (κ2) is 5.43. The summed E-state index contributed by atoms with van der Waals surface area (Å²) >= 11 is 0. The molecule has 0 aliphatic rings. The van der Waals surface area contributed by atoms with Crippen molar-refractivity contribution in [2.24, 2.45) is 0 Å². The zero-order valence-electron chi connectivity index (χ0n) is 11.3. The van der Waals surface area contributed by atoms with E-state index in [0.717, 1.165) is 28.7 Å². The Hall–Kier alpha value is -2.20. The summed E-state index contributed by atoms with van der Waals surface area (Å²) in [6.07, 6.45) is 1.83. The molecule has 20 heavy (non-hydrogen) atoms. The first-order chi connectivity index (χ1) is 9.79. The average Bonchev–Trinajstić information content (AvgIpc) is 2.89. The number of para-hydroxylation sites is 1. The van der Waals surface area contributed by atoms with Gasteiger partial charge in [0.25, 0.3) is 0 Å². The van der Waals surface area contributed by atoms with Crippen LogP contribution in [0.25, 0.3) is 16.6 Å². The Morgan fingerprint density at radius 3 is 2.90 bits per heavy atom. The van der Waals surface area contributed by atoms with Crippen molar-refractivity contribution in [1.29, 1.82) is 0 Å². The molecule has 0 atom stereocenters. The summed E-state index contributed by atoms with van der Waals surface area (Å²) in [7, 11) is 0. The maximum atomic E-state index is 13.5. The van der Waals surface area contributed by atoms with Crippen molar-refractivity contribution in [1.82, 2.24) is 15.1 Å². The molecule has 102 valence electrons. The van der Waals surface area contributed by atoms with Gasteiger partial charge in [-0.25, -0.2) is 9.07 Å². The summed E-state index contributed by atoms with van der Waals surface area (Å²) in [4.78, 5) is 0. The van der Waals surface area contributed by atoms with Crippen LogP contribution in [0.4, 0.5) is 4.39 Å². The highest BCUT2D eigenvalue weighted by Gasteiger charge is 2.09. The van der Waals surface area contributed by atoms with E-state index < -0.39 is 0 Å². The van der Waals surface area contributed by atoms with Gasteiger partial charge in [0.05, 0.1) is 17.4 Å². The average molecular weight is 269 g/mol. The Bertz CT molecular complexity index is 733. The van der Waals surface area contributed by atoms with Gasteiger partial charge in [0, 0.05) is 11.9 Å². The molecule has 3 nitrogen and oxygen atoms in total. The fourth-order valence-electron chi connectivity index (χ4n) is 2.33. The molecular weight excluding hydrogens is 253 g/mol. The zero-order chi connectivity index (χ0) is 13.9. The molecule has 2 aromatic carbocycles. The van der Waals surface area contributed by atoms with Crippen molar-refractivity contribution < 1.29 is 4.39 Å². The first-order valence-electron chi connectivity index (χ1n) is 6.72. The number of nitrogens with zero attached hydrogens (tertiary/aromatic N) is 2. The molecule has 1 N–H and O–H groups in total. The van der Waals surface area contributed by atoms with Crippen LogP contribution in [0, 0.1) is 5.82 Å². The van der Waals surface area contributed by atoms with Gasteiger partial charge < -0.3 is 5.32 Å². The largest absolute Gasteiger partial charge is 0.313 e. The molecule has 0 fully saturated rings. The predicted molar refractivity (Wildman–Crippen MR) is 78.4 cm³/mol. The Morgan fingerprint density at radius 2 is 2.05 bits per heavy atom. The maximum absolute atomic E-state index is 13.5. The summed E-state index contributed by atoms with van der Waals surface area (Å²) in [5.41, 5.74) is 2.84. The van der Waals surface area contributed by atoms with Gasteiger partial charge in [-0.15, -0.1) is 0 Å². The molecule has 1 heterocycles. The van der Waals surface area contributed by atoms with Gasteiger partial charge in [-0.05, 0) is 36.4 Å². The van der Waals surface area contributed by atoms with Crippen molar-refractivity contribution in [3.05, 3.63) is 60.0 Å². The van der Waals surface area contributed by atoms with E-state index in [-0.39, 0.29) is 5.82 Å². The first kappa shape index (κ1) is 12.8. The SMILES string of the molecule is CCNCc1cc(F)ccc1-n1ncc2ccccc21. The first-order valence-corrected chi connectivity index (χ1v) is 6.72. The van der Waals surface area contributed by atoms with Gasteiger partial charge in [0.1, 0.15) is 5.82 Å². The van der Waals surface area contributed by atoms with Crippen LogP contribution in [-0.2, 0) is 6.54 Å². The van der Waals surface area contributed by atoms with E-state index in [9.17, 15) is 4.39 Å². The van der Waals surface area contributed by atoms with E-state index in [0.29, 0.717) is 6.54 Å². The molecule has 0 saturated carbocycles. The highest BCUT2D eigenvalue weighted by atomic mass is 19.1. The smallest absolute Gasteiger partial charge is 0.123 e. The molecule has 0 bridgehead atoms. The molecule has 3 rings (SSSR count). The van der Waals surface area contributed by atoms with Crippen molar-refractivity contribution in [3.8, 4) is 5.69 Å². The lowest BCUT2D eigenvalue weighted by Gasteiger charge is -2.11. The van der Waals surface area contributed by atoms with Crippen molar-refractivity contribution in [3.63, 3.8) is 0 Å². The summed E-state index contributed by atoms with van der Waals surface area (Å²) in [5.74, 6) is -0.224. The minimum atomic E-state index is -0.224. The number of fused-ring (bicyclic) bond motifs is 1. The van der Waals surface area contributed by atoms with Gasteiger partial charge in [0.15, 0.2) is 0 Å². The number of rotatable bonds is 4. The van der Waals surface area contributed by atoms with Gasteiger partial charge in [-0.3, -0.25) is 0 Å². The van der Waals surface area contributed by atoms with E-state index in [4.69, 9.17) is 0 Å². The lowest BCUT2D eigenvalue weighted by atomic mass is 10.1. The van der Waals surface area contributed by atoms with Gasteiger partial charge in [-0.1, -0.05) is 25.1 Å². The molecule has 1 aromatic heterocycles. The number of halogens is 1. The van der Waals surface area contributed by atoms with Gasteiger partial charge in [-0.2, -0.15) is 5.10 Å².